The molecular weight excluding hydrogens is 224 g/mol. The van der Waals surface area contributed by atoms with E-state index in [0.717, 1.165) is 23.1 Å². The van der Waals surface area contributed by atoms with Crippen LogP contribution in [0.2, 0.25) is 0 Å². The number of nitrogens with one attached hydrogen (secondary N) is 1. The lowest BCUT2D eigenvalue weighted by Gasteiger charge is -2.29. The minimum atomic E-state index is 0.338. The highest BCUT2D eigenvalue weighted by Crippen LogP contribution is 2.30. The summed E-state index contributed by atoms with van der Waals surface area (Å²) in [4.78, 5) is 0. The average molecular weight is 250 g/mol. The van der Waals surface area contributed by atoms with Crippen molar-refractivity contribution < 1.29 is 0 Å². The summed E-state index contributed by atoms with van der Waals surface area (Å²) in [5, 5.41) is 8.15. The molecule has 102 valence electrons. The fourth-order valence-corrected chi connectivity index (χ4v) is 2.84. The maximum atomic E-state index is 6.15. The molecule has 2 atom stereocenters. The first-order valence-electron chi connectivity index (χ1n) is 7.10. The molecule has 1 heterocycles. The van der Waals surface area contributed by atoms with E-state index in [4.69, 9.17) is 5.73 Å². The highest BCUT2D eigenvalue weighted by molar-refractivity contribution is 5.65. The molecule has 1 saturated carbocycles. The number of aromatic nitrogens is 2. The van der Waals surface area contributed by atoms with Gasteiger partial charge >= 0.3 is 0 Å². The first-order valence-corrected chi connectivity index (χ1v) is 7.10. The fraction of sp³-hybridized carbons (Fsp3) is 0.786. The molecule has 0 aliphatic heterocycles. The molecule has 4 nitrogen and oxygen atoms in total. The number of anilines is 2. The van der Waals surface area contributed by atoms with Gasteiger partial charge in [-0.25, -0.2) is 4.68 Å². The minimum absolute atomic E-state index is 0.338. The third-order valence-electron chi connectivity index (χ3n) is 3.90. The summed E-state index contributed by atoms with van der Waals surface area (Å²) < 4.78 is 2.02. The van der Waals surface area contributed by atoms with Gasteiger partial charge in [0.05, 0.1) is 11.4 Å². The van der Waals surface area contributed by atoms with E-state index in [1.165, 1.54) is 25.7 Å². The number of rotatable bonds is 3. The van der Waals surface area contributed by atoms with Crippen LogP contribution in [0.25, 0.3) is 0 Å². The minimum Gasteiger partial charge on any atom is -0.394 e. The second-order valence-corrected chi connectivity index (χ2v) is 6.00. The molecule has 1 aromatic heterocycles. The normalized spacial score (nSPS) is 24.5. The molecule has 2 rings (SSSR count). The van der Waals surface area contributed by atoms with Crippen molar-refractivity contribution in [2.24, 2.45) is 5.92 Å². The summed E-state index contributed by atoms with van der Waals surface area (Å²) in [5.41, 5.74) is 7.88. The molecule has 0 bridgehead atoms. The average Bonchev–Trinajstić information content (AvgIpc) is 2.57. The van der Waals surface area contributed by atoms with Crippen molar-refractivity contribution in [2.75, 3.05) is 11.1 Å². The topological polar surface area (TPSA) is 55.9 Å². The molecule has 0 spiro atoms. The van der Waals surface area contributed by atoms with E-state index in [-0.39, 0.29) is 0 Å². The molecule has 1 aliphatic carbocycles. The lowest BCUT2D eigenvalue weighted by Crippen LogP contribution is -2.28. The summed E-state index contributed by atoms with van der Waals surface area (Å²) in [6.07, 6.45) is 5.15. The van der Waals surface area contributed by atoms with Gasteiger partial charge in [0.25, 0.3) is 0 Å². The second kappa shape index (κ2) is 5.21. The molecule has 1 fully saturated rings. The van der Waals surface area contributed by atoms with Crippen LogP contribution in [0.5, 0.6) is 0 Å². The van der Waals surface area contributed by atoms with Gasteiger partial charge in [-0.3, -0.25) is 0 Å². The molecule has 2 unspecified atom stereocenters. The van der Waals surface area contributed by atoms with E-state index in [1.807, 2.05) is 11.6 Å². The van der Waals surface area contributed by atoms with E-state index in [9.17, 15) is 0 Å². The van der Waals surface area contributed by atoms with Crippen LogP contribution < -0.4 is 11.1 Å². The van der Waals surface area contributed by atoms with Crippen LogP contribution in [0.15, 0.2) is 0 Å². The summed E-state index contributed by atoms with van der Waals surface area (Å²) >= 11 is 0. The highest BCUT2D eigenvalue weighted by atomic mass is 15.4. The number of nitrogens with two attached hydrogens (primary N) is 1. The Morgan fingerprint density at radius 3 is 2.72 bits per heavy atom. The van der Waals surface area contributed by atoms with Crippen LogP contribution in [0.3, 0.4) is 0 Å². The quantitative estimate of drug-likeness (QED) is 0.865. The monoisotopic (exact) mass is 250 g/mol. The summed E-state index contributed by atoms with van der Waals surface area (Å²) in [6, 6.07) is 0.883. The molecular formula is C14H26N4. The summed E-state index contributed by atoms with van der Waals surface area (Å²) in [7, 11) is 0. The van der Waals surface area contributed by atoms with Crippen LogP contribution in [0.1, 0.15) is 58.2 Å². The van der Waals surface area contributed by atoms with E-state index < -0.39 is 0 Å². The maximum Gasteiger partial charge on any atom is 0.148 e. The smallest absolute Gasteiger partial charge is 0.148 e. The van der Waals surface area contributed by atoms with Gasteiger partial charge in [-0.2, -0.15) is 5.10 Å². The van der Waals surface area contributed by atoms with Gasteiger partial charge in [0.1, 0.15) is 5.82 Å². The van der Waals surface area contributed by atoms with Crippen molar-refractivity contribution in [1.29, 1.82) is 0 Å². The Balaban J connectivity index is 2.17. The highest BCUT2D eigenvalue weighted by Gasteiger charge is 2.22. The molecule has 3 N–H and O–H groups in total. The zero-order valence-corrected chi connectivity index (χ0v) is 12.0. The Labute approximate surface area is 110 Å². The van der Waals surface area contributed by atoms with Crippen LogP contribution in [-0.4, -0.2) is 15.8 Å². The lowest BCUT2D eigenvalue weighted by molar-refractivity contribution is 0.356. The zero-order chi connectivity index (χ0) is 13.3. The number of aryl methyl sites for hydroxylation is 1. The van der Waals surface area contributed by atoms with Crippen molar-refractivity contribution in [2.45, 2.75) is 65.5 Å². The lowest BCUT2D eigenvalue weighted by atomic mass is 9.87. The van der Waals surface area contributed by atoms with E-state index in [0.29, 0.717) is 12.1 Å². The van der Waals surface area contributed by atoms with Gasteiger partial charge < -0.3 is 11.1 Å². The first-order chi connectivity index (χ1) is 8.49. The van der Waals surface area contributed by atoms with E-state index in [1.54, 1.807) is 0 Å². The first kappa shape index (κ1) is 13.2. The van der Waals surface area contributed by atoms with Gasteiger partial charge in [0.15, 0.2) is 0 Å². The van der Waals surface area contributed by atoms with Gasteiger partial charge in [-0.15, -0.1) is 0 Å². The Kier molecular flexibility index (Phi) is 3.83. The van der Waals surface area contributed by atoms with Crippen molar-refractivity contribution in [3.05, 3.63) is 5.69 Å². The molecule has 0 saturated heterocycles. The third-order valence-corrected chi connectivity index (χ3v) is 3.90. The number of hydrogen-bond donors (Lipinski definition) is 2. The Hall–Kier alpha value is -1.19. The number of nitrogens with zero attached hydrogens (tertiary/aromatic N) is 2. The molecule has 18 heavy (non-hydrogen) atoms. The van der Waals surface area contributed by atoms with Crippen LogP contribution in [0.4, 0.5) is 11.5 Å². The maximum absolute atomic E-state index is 6.15. The van der Waals surface area contributed by atoms with Gasteiger partial charge in [0.2, 0.25) is 0 Å². The van der Waals surface area contributed by atoms with Crippen molar-refractivity contribution in [3.63, 3.8) is 0 Å². The van der Waals surface area contributed by atoms with Crippen LogP contribution in [0, 0.1) is 12.8 Å². The summed E-state index contributed by atoms with van der Waals surface area (Å²) in [5.74, 6) is 1.83. The Morgan fingerprint density at radius 2 is 2.11 bits per heavy atom. The Bertz CT molecular complexity index is 408. The standard InChI is InChI=1S/C14H26N4/c1-9(2)18-14(13(15)11(4)17-18)16-12-7-5-6-10(3)8-12/h9-10,12,16H,5-8,15H2,1-4H3. The predicted octanol–water partition coefficient (Wildman–Crippen LogP) is 3.35. The molecule has 0 amide bonds. The number of nitrogen functional groups attached to an aromatic ring is 1. The van der Waals surface area contributed by atoms with Crippen LogP contribution in [-0.2, 0) is 0 Å². The molecule has 0 radical (unpaired) electrons. The SMILES string of the molecule is Cc1nn(C(C)C)c(NC2CCCC(C)C2)c1N. The van der Waals surface area contributed by atoms with Crippen LogP contribution >= 0.6 is 0 Å². The van der Waals surface area contributed by atoms with Gasteiger partial charge in [-0.05, 0) is 39.5 Å². The van der Waals surface area contributed by atoms with Crippen molar-refractivity contribution >= 4 is 11.5 Å². The van der Waals surface area contributed by atoms with E-state index >= 15 is 0 Å². The number of hydrogen-bond acceptors (Lipinski definition) is 3. The third kappa shape index (κ3) is 2.62. The largest absolute Gasteiger partial charge is 0.394 e. The zero-order valence-electron chi connectivity index (χ0n) is 12.0. The van der Waals surface area contributed by atoms with Crippen molar-refractivity contribution in [1.82, 2.24) is 9.78 Å². The van der Waals surface area contributed by atoms with Gasteiger partial charge in [-0.1, -0.05) is 19.8 Å². The molecule has 1 aliphatic rings. The molecule has 0 aromatic carbocycles. The summed E-state index contributed by atoms with van der Waals surface area (Å²) in [6.45, 7) is 8.59. The molecule has 4 heteroatoms. The fourth-order valence-electron chi connectivity index (χ4n) is 2.84. The van der Waals surface area contributed by atoms with Crippen molar-refractivity contribution in [3.8, 4) is 0 Å². The second-order valence-electron chi connectivity index (χ2n) is 6.00. The predicted molar refractivity (Wildman–Crippen MR) is 76.8 cm³/mol. The molecule has 1 aromatic rings. The van der Waals surface area contributed by atoms with E-state index in [2.05, 4.69) is 31.2 Å². The van der Waals surface area contributed by atoms with Gasteiger partial charge in [0, 0.05) is 12.1 Å². The Morgan fingerprint density at radius 1 is 1.39 bits per heavy atom.